The lowest BCUT2D eigenvalue weighted by Gasteiger charge is -2.34. The van der Waals surface area contributed by atoms with Crippen molar-refractivity contribution in [3.8, 4) is 0 Å². The van der Waals surface area contributed by atoms with Gasteiger partial charge in [-0.05, 0) is 31.2 Å². The number of thioether (sulfide) groups is 1. The van der Waals surface area contributed by atoms with Crippen molar-refractivity contribution in [1.29, 1.82) is 0 Å². The maximum Gasteiger partial charge on any atom is 0.243 e. The third kappa shape index (κ3) is 4.22. The standard InChI is InChI=1S/C15H18FN5O3S2/c1-11-17-15(19-18-11)25-10-14(22)20-6-8-21(9-7-20)26(23,24)13-4-2-12(16)3-5-13/h2-5H,6-10H2,1H3,(H,17,18,19). The first-order valence-corrected chi connectivity index (χ1v) is 10.3. The molecule has 2 aromatic rings. The Morgan fingerprint density at radius 3 is 2.46 bits per heavy atom. The summed E-state index contributed by atoms with van der Waals surface area (Å²) in [5.41, 5.74) is 0. The van der Waals surface area contributed by atoms with Gasteiger partial charge in [-0.3, -0.25) is 9.89 Å². The number of rotatable bonds is 5. The van der Waals surface area contributed by atoms with Gasteiger partial charge in [-0.25, -0.2) is 17.8 Å². The maximum absolute atomic E-state index is 13.0. The molecule has 1 aliphatic heterocycles. The molecule has 1 aromatic carbocycles. The highest BCUT2D eigenvalue weighted by atomic mass is 32.2. The molecule has 1 fully saturated rings. The monoisotopic (exact) mass is 399 g/mol. The van der Waals surface area contributed by atoms with Crippen molar-refractivity contribution < 1.29 is 17.6 Å². The molecule has 1 amide bonds. The number of amides is 1. The average molecular weight is 399 g/mol. The van der Waals surface area contributed by atoms with Crippen molar-refractivity contribution in [3.63, 3.8) is 0 Å². The fourth-order valence-electron chi connectivity index (χ4n) is 2.54. The summed E-state index contributed by atoms with van der Waals surface area (Å²) < 4.78 is 39.4. The van der Waals surface area contributed by atoms with E-state index in [1.165, 1.54) is 28.2 Å². The third-order valence-electron chi connectivity index (χ3n) is 3.94. The molecule has 1 N–H and O–H groups in total. The number of hydrogen-bond acceptors (Lipinski definition) is 6. The molecule has 0 aliphatic carbocycles. The van der Waals surface area contributed by atoms with E-state index in [0.717, 1.165) is 12.1 Å². The smallest absolute Gasteiger partial charge is 0.243 e. The van der Waals surface area contributed by atoms with Crippen molar-refractivity contribution in [1.82, 2.24) is 24.4 Å². The topological polar surface area (TPSA) is 99.3 Å². The molecule has 26 heavy (non-hydrogen) atoms. The highest BCUT2D eigenvalue weighted by Crippen LogP contribution is 2.19. The zero-order chi connectivity index (χ0) is 18.7. The average Bonchev–Trinajstić information content (AvgIpc) is 3.05. The lowest BCUT2D eigenvalue weighted by atomic mass is 10.3. The second kappa shape index (κ2) is 7.72. The van der Waals surface area contributed by atoms with Gasteiger partial charge in [0, 0.05) is 26.2 Å². The van der Waals surface area contributed by atoms with Crippen LogP contribution in [0.3, 0.4) is 0 Å². The van der Waals surface area contributed by atoms with E-state index in [2.05, 4.69) is 15.2 Å². The van der Waals surface area contributed by atoms with Gasteiger partial charge >= 0.3 is 0 Å². The molecule has 140 valence electrons. The molecular weight excluding hydrogens is 381 g/mol. The molecule has 8 nitrogen and oxygen atoms in total. The summed E-state index contributed by atoms with van der Waals surface area (Å²) in [5, 5.41) is 7.18. The maximum atomic E-state index is 13.0. The van der Waals surface area contributed by atoms with E-state index in [9.17, 15) is 17.6 Å². The molecular formula is C15H18FN5O3S2. The van der Waals surface area contributed by atoms with Gasteiger partial charge in [0.2, 0.25) is 21.1 Å². The minimum atomic E-state index is -3.68. The normalized spacial score (nSPS) is 16.0. The van der Waals surface area contributed by atoms with Crippen LogP contribution in [0.1, 0.15) is 5.82 Å². The fourth-order valence-corrected chi connectivity index (χ4v) is 4.71. The Labute approximate surface area is 154 Å². The number of carbonyl (C=O) groups is 1. The Morgan fingerprint density at radius 1 is 1.23 bits per heavy atom. The predicted molar refractivity (Wildman–Crippen MR) is 93.6 cm³/mol. The number of sulfonamides is 1. The highest BCUT2D eigenvalue weighted by Gasteiger charge is 2.30. The molecule has 0 bridgehead atoms. The van der Waals surface area contributed by atoms with Crippen LogP contribution in [0.2, 0.25) is 0 Å². The van der Waals surface area contributed by atoms with Crippen molar-refractivity contribution in [2.75, 3.05) is 31.9 Å². The lowest BCUT2D eigenvalue weighted by Crippen LogP contribution is -2.50. The number of hydrogen-bond donors (Lipinski definition) is 1. The van der Waals surface area contributed by atoms with Crippen molar-refractivity contribution in [2.45, 2.75) is 17.0 Å². The summed E-state index contributed by atoms with van der Waals surface area (Å²) >= 11 is 1.24. The molecule has 1 saturated heterocycles. The van der Waals surface area contributed by atoms with Crippen LogP contribution in [0.15, 0.2) is 34.3 Å². The highest BCUT2D eigenvalue weighted by molar-refractivity contribution is 7.99. The van der Waals surface area contributed by atoms with Gasteiger partial charge in [0.25, 0.3) is 0 Å². The van der Waals surface area contributed by atoms with Crippen molar-refractivity contribution in [2.24, 2.45) is 0 Å². The summed E-state index contributed by atoms with van der Waals surface area (Å²) in [6.07, 6.45) is 0. The number of H-pyrrole nitrogens is 1. The van der Waals surface area contributed by atoms with Gasteiger partial charge in [0.05, 0.1) is 10.6 Å². The molecule has 1 aromatic heterocycles. The Kier molecular flexibility index (Phi) is 5.58. The minimum Gasteiger partial charge on any atom is -0.339 e. The van der Waals surface area contributed by atoms with E-state index in [1.807, 2.05) is 0 Å². The largest absolute Gasteiger partial charge is 0.339 e. The van der Waals surface area contributed by atoms with Crippen LogP contribution in [0.5, 0.6) is 0 Å². The van der Waals surface area contributed by atoms with Gasteiger partial charge in [-0.2, -0.15) is 4.31 Å². The SMILES string of the molecule is Cc1nc(SCC(=O)N2CCN(S(=O)(=O)c3ccc(F)cc3)CC2)n[nH]1. The Morgan fingerprint density at radius 2 is 1.88 bits per heavy atom. The summed E-state index contributed by atoms with van der Waals surface area (Å²) in [5.74, 6) is 0.302. The van der Waals surface area contributed by atoms with Crippen LogP contribution >= 0.6 is 11.8 Å². The Hall–Kier alpha value is -1.98. The number of nitrogens with one attached hydrogen (secondary N) is 1. The lowest BCUT2D eigenvalue weighted by molar-refractivity contribution is -0.129. The van der Waals surface area contributed by atoms with Gasteiger partial charge in [-0.15, -0.1) is 5.10 Å². The van der Waals surface area contributed by atoms with Crippen LogP contribution in [-0.2, 0) is 14.8 Å². The summed E-state index contributed by atoms with van der Waals surface area (Å²) in [6, 6.07) is 4.73. The first-order chi connectivity index (χ1) is 12.4. The number of halogens is 1. The van der Waals surface area contributed by atoms with Crippen LogP contribution in [0.4, 0.5) is 4.39 Å². The first-order valence-electron chi connectivity index (χ1n) is 7.91. The van der Waals surface area contributed by atoms with Crippen LogP contribution in [0, 0.1) is 12.7 Å². The quantitative estimate of drug-likeness (QED) is 0.750. The molecule has 0 radical (unpaired) electrons. The first kappa shape index (κ1) is 18.8. The summed E-state index contributed by atoms with van der Waals surface area (Å²) in [6.45, 7) is 2.81. The van der Waals surface area contributed by atoms with Crippen LogP contribution < -0.4 is 0 Å². The van der Waals surface area contributed by atoms with Crippen LogP contribution in [0.25, 0.3) is 0 Å². The van der Waals surface area contributed by atoms with Crippen LogP contribution in [-0.4, -0.2) is 70.6 Å². The number of carbonyl (C=O) groups excluding carboxylic acids is 1. The number of nitrogens with zero attached hydrogens (tertiary/aromatic N) is 4. The number of benzene rings is 1. The van der Waals surface area contributed by atoms with Gasteiger partial charge in [0.1, 0.15) is 11.6 Å². The second-order valence-corrected chi connectivity index (χ2v) is 8.61. The summed E-state index contributed by atoms with van der Waals surface area (Å²) in [4.78, 5) is 18.1. The van der Waals surface area contributed by atoms with E-state index in [1.54, 1.807) is 11.8 Å². The fraction of sp³-hybridized carbons (Fsp3) is 0.400. The Balaban J connectivity index is 1.54. The second-order valence-electron chi connectivity index (χ2n) is 5.73. The van der Waals surface area contributed by atoms with Gasteiger partial charge in [-0.1, -0.05) is 11.8 Å². The van der Waals surface area contributed by atoms with Crippen molar-refractivity contribution >= 4 is 27.7 Å². The zero-order valence-electron chi connectivity index (χ0n) is 14.1. The number of piperazine rings is 1. The summed E-state index contributed by atoms with van der Waals surface area (Å²) in [7, 11) is -3.68. The van der Waals surface area contributed by atoms with Gasteiger partial charge in [0.15, 0.2) is 0 Å². The molecule has 0 spiro atoms. The minimum absolute atomic E-state index is 0.0502. The zero-order valence-corrected chi connectivity index (χ0v) is 15.7. The number of aromatic nitrogens is 3. The molecule has 0 atom stereocenters. The van der Waals surface area contributed by atoms with E-state index in [0.29, 0.717) is 24.1 Å². The predicted octanol–water partition coefficient (Wildman–Crippen LogP) is 0.877. The van der Waals surface area contributed by atoms with E-state index >= 15 is 0 Å². The Bertz CT molecular complexity index is 877. The van der Waals surface area contributed by atoms with Crippen molar-refractivity contribution in [3.05, 3.63) is 35.9 Å². The molecule has 1 aliphatic rings. The van der Waals surface area contributed by atoms with Gasteiger partial charge < -0.3 is 4.90 Å². The van der Waals surface area contributed by atoms with E-state index in [-0.39, 0.29) is 29.6 Å². The third-order valence-corrected chi connectivity index (χ3v) is 6.69. The molecule has 0 unspecified atom stereocenters. The number of aromatic amines is 1. The number of aryl methyl sites for hydroxylation is 1. The molecule has 11 heteroatoms. The van der Waals surface area contributed by atoms with E-state index in [4.69, 9.17) is 0 Å². The van der Waals surface area contributed by atoms with E-state index < -0.39 is 15.8 Å². The molecule has 2 heterocycles. The molecule has 0 saturated carbocycles. The molecule has 3 rings (SSSR count).